The van der Waals surface area contributed by atoms with Crippen LogP contribution in [-0.2, 0) is 0 Å². The fraction of sp³-hybridized carbons (Fsp3) is 1.00. The summed E-state index contributed by atoms with van der Waals surface area (Å²) in [5, 5.41) is 1.97. The van der Waals surface area contributed by atoms with Crippen molar-refractivity contribution in [3.05, 3.63) is 0 Å². The molecule has 1 aliphatic rings. The Bertz CT molecular complexity index is 91.6. The third-order valence-corrected chi connectivity index (χ3v) is 3.07. The van der Waals surface area contributed by atoms with Crippen LogP contribution < -0.4 is 5.84 Å². The van der Waals surface area contributed by atoms with Crippen LogP contribution in [0.5, 0.6) is 0 Å². The summed E-state index contributed by atoms with van der Waals surface area (Å²) in [5.41, 5.74) is 0. The fourth-order valence-corrected chi connectivity index (χ4v) is 2.36. The van der Waals surface area contributed by atoms with Crippen LogP contribution in [-0.4, -0.2) is 29.1 Å². The van der Waals surface area contributed by atoms with Crippen molar-refractivity contribution in [1.29, 1.82) is 0 Å². The zero-order valence-corrected chi connectivity index (χ0v) is 7.36. The Morgan fingerprint density at radius 1 is 1.50 bits per heavy atom. The summed E-state index contributed by atoms with van der Waals surface area (Å²) < 4.78 is 0. The van der Waals surface area contributed by atoms with Gasteiger partial charge in [0.25, 0.3) is 0 Å². The van der Waals surface area contributed by atoms with E-state index in [-0.39, 0.29) is 0 Å². The van der Waals surface area contributed by atoms with Crippen molar-refractivity contribution in [1.82, 2.24) is 5.01 Å². The molecule has 0 spiro atoms. The zero-order valence-electron chi connectivity index (χ0n) is 6.55. The van der Waals surface area contributed by atoms with Crippen LogP contribution >= 0.6 is 11.8 Å². The smallest absolute Gasteiger partial charge is 0.0256 e. The summed E-state index contributed by atoms with van der Waals surface area (Å²) in [4.78, 5) is 0. The van der Waals surface area contributed by atoms with Gasteiger partial charge in [-0.2, -0.15) is 11.8 Å². The van der Waals surface area contributed by atoms with Crippen molar-refractivity contribution in [3.63, 3.8) is 0 Å². The highest BCUT2D eigenvalue weighted by molar-refractivity contribution is 7.99. The Morgan fingerprint density at radius 3 is 2.60 bits per heavy atom. The van der Waals surface area contributed by atoms with Gasteiger partial charge < -0.3 is 0 Å². The Balaban J connectivity index is 2.24. The molecule has 0 amide bonds. The molecule has 0 bridgehead atoms. The second-order valence-electron chi connectivity index (χ2n) is 2.67. The molecule has 60 valence electrons. The quantitative estimate of drug-likeness (QED) is 0.484. The minimum atomic E-state index is 0.659. The lowest BCUT2D eigenvalue weighted by Gasteiger charge is -2.29. The van der Waals surface area contributed by atoms with E-state index in [0.29, 0.717) is 6.04 Å². The van der Waals surface area contributed by atoms with Crippen molar-refractivity contribution < 1.29 is 0 Å². The number of hydrogen-bond acceptors (Lipinski definition) is 3. The second kappa shape index (κ2) is 4.21. The first-order valence-corrected chi connectivity index (χ1v) is 5.09. The highest BCUT2D eigenvalue weighted by atomic mass is 32.2. The SMILES string of the molecule is CCN(N)C1CCSCC1. The molecule has 10 heavy (non-hydrogen) atoms. The van der Waals surface area contributed by atoms with Gasteiger partial charge in [-0.15, -0.1) is 0 Å². The van der Waals surface area contributed by atoms with E-state index in [1.165, 1.54) is 24.3 Å². The molecule has 0 saturated carbocycles. The summed E-state index contributed by atoms with van der Waals surface area (Å²) in [6.07, 6.45) is 2.55. The minimum absolute atomic E-state index is 0.659. The van der Waals surface area contributed by atoms with Crippen molar-refractivity contribution in [2.75, 3.05) is 18.1 Å². The average molecular weight is 160 g/mol. The van der Waals surface area contributed by atoms with E-state index in [1.54, 1.807) is 0 Å². The zero-order chi connectivity index (χ0) is 7.40. The monoisotopic (exact) mass is 160 g/mol. The molecule has 1 aliphatic heterocycles. The number of thioether (sulfide) groups is 1. The molecule has 1 rings (SSSR count). The molecule has 3 heteroatoms. The first-order valence-electron chi connectivity index (χ1n) is 3.93. The highest BCUT2D eigenvalue weighted by Crippen LogP contribution is 2.19. The van der Waals surface area contributed by atoms with Crippen LogP contribution in [0.15, 0.2) is 0 Å². The number of nitrogens with zero attached hydrogens (tertiary/aromatic N) is 1. The minimum Gasteiger partial charge on any atom is -0.269 e. The van der Waals surface area contributed by atoms with Crippen LogP contribution in [0.3, 0.4) is 0 Å². The van der Waals surface area contributed by atoms with E-state index in [2.05, 4.69) is 6.92 Å². The molecule has 0 aromatic carbocycles. The van der Waals surface area contributed by atoms with Crippen molar-refractivity contribution in [2.45, 2.75) is 25.8 Å². The highest BCUT2D eigenvalue weighted by Gasteiger charge is 2.16. The normalized spacial score (nSPS) is 21.9. The summed E-state index contributed by atoms with van der Waals surface area (Å²) in [6, 6.07) is 0.659. The van der Waals surface area contributed by atoms with Gasteiger partial charge >= 0.3 is 0 Å². The van der Waals surface area contributed by atoms with Crippen LogP contribution in [0.1, 0.15) is 19.8 Å². The fourth-order valence-electron chi connectivity index (χ4n) is 1.27. The van der Waals surface area contributed by atoms with Crippen LogP contribution in [0, 0.1) is 0 Å². The maximum absolute atomic E-state index is 5.77. The topological polar surface area (TPSA) is 29.3 Å². The second-order valence-corrected chi connectivity index (χ2v) is 3.90. The molecule has 0 aromatic rings. The molecule has 1 heterocycles. The van der Waals surface area contributed by atoms with E-state index in [0.717, 1.165) is 6.54 Å². The summed E-state index contributed by atoms with van der Waals surface area (Å²) in [5.74, 6) is 8.35. The van der Waals surface area contributed by atoms with Crippen LogP contribution in [0.4, 0.5) is 0 Å². The first-order chi connectivity index (χ1) is 4.84. The van der Waals surface area contributed by atoms with Gasteiger partial charge in [0.2, 0.25) is 0 Å². The first kappa shape index (κ1) is 8.37. The van der Waals surface area contributed by atoms with Crippen LogP contribution in [0.2, 0.25) is 0 Å². The van der Waals surface area contributed by atoms with E-state index in [4.69, 9.17) is 5.84 Å². The van der Waals surface area contributed by atoms with Crippen molar-refractivity contribution in [3.8, 4) is 0 Å². The molecule has 0 radical (unpaired) electrons. The summed E-state index contributed by atoms with van der Waals surface area (Å²) >= 11 is 2.04. The third kappa shape index (κ3) is 2.15. The molecular weight excluding hydrogens is 144 g/mol. The van der Waals surface area contributed by atoms with Gasteiger partial charge in [0.1, 0.15) is 0 Å². The Morgan fingerprint density at radius 2 is 2.10 bits per heavy atom. The van der Waals surface area contributed by atoms with Gasteiger partial charge in [0, 0.05) is 12.6 Å². The number of hydrogen-bond donors (Lipinski definition) is 1. The molecule has 2 N–H and O–H groups in total. The largest absolute Gasteiger partial charge is 0.269 e. The Hall–Kier alpha value is 0.270. The molecule has 2 nitrogen and oxygen atoms in total. The van der Waals surface area contributed by atoms with Gasteiger partial charge in [-0.3, -0.25) is 5.84 Å². The molecular formula is C7H16N2S. The lowest BCUT2D eigenvalue weighted by molar-refractivity contribution is 0.200. The standard InChI is InChI=1S/C7H16N2S/c1-2-9(8)7-3-5-10-6-4-7/h7H,2-6,8H2,1H3. The predicted octanol–water partition coefficient (Wildman–Crippen LogP) is 1.08. The molecule has 0 aliphatic carbocycles. The Kier molecular flexibility index (Phi) is 3.52. The summed E-state index contributed by atoms with van der Waals surface area (Å²) in [7, 11) is 0. The van der Waals surface area contributed by atoms with E-state index >= 15 is 0 Å². The average Bonchev–Trinajstić information content (AvgIpc) is 2.05. The molecule has 0 unspecified atom stereocenters. The third-order valence-electron chi connectivity index (χ3n) is 2.02. The van der Waals surface area contributed by atoms with Crippen molar-refractivity contribution in [2.24, 2.45) is 5.84 Å². The summed E-state index contributed by atoms with van der Waals surface area (Å²) in [6.45, 7) is 3.09. The Labute approximate surface area is 67.1 Å². The number of nitrogens with two attached hydrogens (primary N) is 1. The maximum atomic E-state index is 5.77. The molecule has 0 aromatic heterocycles. The van der Waals surface area contributed by atoms with Gasteiger partial charge in [0.05, 0.1) is 0 Å². The molecule has 0 atom stereocenters. The molecule has 1 saturated heterocycles. The lowest BCUT2D eigenvalue weighted by Crippen LogP contribution is -2.42. The number of hydrazine groups is 1. The predicted molar refractivity (Wildman–Crippen MR) is 46.9 cm³/mol. The van der Waals surface area contributed by atoms with E-state index in [9.17, 15) is 0 Å². The van der Waals surface area contributed by atoms with Crippen molar-refractivity contribution >= 4 is 11.8 Å². The van der Waals surface area contributed by atoms with Gasteiger partial charge in [-0.1, -0.05) is 6.92 Å². The van der Waals surface area contributed by atoms with Crippen LogP contribution in [0.25, 0.3) is 0 Å². The van der Waals surface area contributed by atoms with Gasteiger partial charge in [-0.25, -0.2) is 5.01 Å². The number of rotatable bonds is 2. The van der Waals surface area contributed by atoms with E-state index in [1.807, 2.05) is 16.8 Å². The van der Waals surface area contributed by atoms with E-state index < -0.39 is 0 Å². The van der Waals surface area contributed by atoms with Gasteiger partial charge in [0.15, 0.2) is 0 Å². The maximum Gasteiger partial charge on any atom is 0.0256 e. The van der Waals surface area contributed by atoms with Gasteiger partial charge in [-0.05, 0) is 24.3 Å². The molecule has 1 fully saturated rings. The lowest BCUT2D eigenvalue weighted by atomic mass is 10.1.